The molecular formula is C12H14N4O2. The van der Waals surface area contributed by atoms with Crippen molar-refractivity contribution in [1.29, 1.82) is 0 Å². The van der Waals surface area contributed by atoms with Gasteiger partial charge in [0.2, 0.25) is 0 Å². The molecule has 0 atom stereocenters. The lowest BCUT2D eigenvalue weighted by molar-refractivity contribution is 0.0690. The lowest BCUT2D eigenvalue weighted by atomic mass is 10.2. The van der Waals surface area contributed by atoms with Crippen LogP contribution in [0.4, 0.5) is 0 Å². The first kappa shape index (κ1) is 12.2. The van der Waals surface area contributed by atoms with Crippen LogP contribution in [0.1, 0.15) is 34.5 Å². The zero-order valence-electron chi connectivity index (χ0n) is 10.5. The Morgan fingerprint density at radius 1 is 1.39 bits per heavy atom. The lowest BCUT2D eigenvalue weighted by Gasteiger charge is -2.09. The van der Waals surface area contributed by atoms with Crippen LogP contribution in [-0.4, -0.2) is 30.8 Å². The Labute approximate surface area is 104 Å². The van der Waals surface area contributed by atoms with Crippen LogP contribution in [0, 0.1) is 13.8 Å². The van der Waals surface area contributed by atoms with Crippen molar-refractivity contribution in [2.24, 2.45) is 0 Å². The molecule has 2 aromatic rings. The van der Waals surface area contributed by atoms with E-state index in [4.69, 9.17) is 5.11 Å². The monoisotopic (exact) mass is 246 g/mol. The minimum Gasteiger partial charge on any atom is -0.476 e. The summed E-state index contributed by atoms with van der Waals surface area (Å²) in [5.41, 5.74) is 1.87. The Bertz CT molecular complexity index is 604. The fraction of sp³-hybridized carbons (Fsp3) is 0.333. The minimum absolute atomic E-state index is 0.00344. The highest BCUT2D eigenvalue weighted by Gasteiger charge is 2.13. The third-order valence-corrected chi connectivity index (χ3v) is 2.69. The molecule has 6 nitrogen and oxygen atoms in total. The van der Waals surface area contributed by atoms with Gasteiger partial charge in [0.1, 0.15) is 5.82 Å². The molecule has 2 rings (SSSR count). The predicted octanol–water partition coefficient (Wildman–Crippen LogP) is 1.54. The molecule has 2 aromatic heterocycles. The molecule has 6 heteroatoms. The standard InChI is InChI=1S/C12H14N4O2/c1-4-9-7(2)11(14-8(3)13-9)16-6-5-10(15-16)12(17)18/h5-6H,4H2,1-3H3,(H,17,18). The van der Waals surface area contributed by atoms with Gasteiger partial charge in [0.25, 0.3) is 0 Å². The van der Waals surface area contributed by atoms with E-state index >= 15 is 0 Å². The van der Waals surface area contributed by atoms with Gasteiger partial charge in [-0.3, -0.25) is 0 Å². The van der Waals surface area contributed by atoms with E-state index in [9.17, 15) is 4.79 Å². The van der Waals surface area contributed by atoms with E-state index in [0.717, 1.165) is 17.7 Å². The Kier molecular flexibility index (Phi) is 3.10. The van der Waals surface area contributed by atoms with Gasteiger partial charge in [-0.05, 0) is 26.3 Å². The summed E-state index contributed by atoms with van der Waals surface area (Å²) < 4.78 is 1.48. The number of hydrogen-bond acceptors (Lipinski definition) is 4. The molecule has 0 aromatic carbocycles. The van der Waals surface area contributed by atoms with E-state index in [1.54, 1.807) is 6.20 Å². The molecule has 1 N–H and O–H groups in total. The molecule has 0 spiro atoms. The predicted molar refractivity (Wildman–Crippen MR) is 65.0 cm³/mol. The Hall–Kier alpha value is -2.24. The van der Waals surface area contributed by atoms with Crippen LogP contribution in [0.15, 0.2) is 12.3 Å². The molecule has 0 fully saturated rings. The highest BCUT2D eigenvalue weighted by atomic mass is 16.4. The van der Waals surface area contributed by atoms with Crippen LogP contribution in [0.5, 0.6) is 0 Å². The molecule has 94 valence electrons. The second-order valence-corrected chi connectivity index (χ2v) is 3.97. The van der Waals surface area contributed by atoms with Crippen LogP contribution >= 0.6 is 0 Å². The number of aromatic carboxylic acids is 1. The van der Waals surface area contributed by atoms with Crippen molar-refractivity contribution < 1.29 is 9.90 Å². The highest BCUT2D eigenvalue weighted by Crippen LogP contribution is 2.15. The molecule has 18 heavy (non-hydrogen) atoms. The fourth-order valence-electron chi connectivity index (χ4n) is 1.79. The van der Waals surface area contributed by atoms with Crippen molar-refractivity contribution in [3.8, 4) is 5.82 Å². The maximum atomic E-state index is 10.8. The second kappa shape index (κ2) is 4.56. The SMILES string of the molecule is CCc1nc(C)nc(-n2ccc(C(=O)O)n2)c1C. The summed E-state index contributed by atoms with van der Waals surface area (Å²) in [4.78, 5) is 19.5. The van der Waals surface area contributed by atoms with Crippen LogP contribution in [-0.2, 0) is 6.42 Å². The maximum absolute atomic E-state index is 10.8. The lowest BCUT2D eigenvalue weighted by Crippen LogP contribution is -2.09. The molecule has 0 radical (unpaired) electrons. The molecule has 0 saturated carbocycles. The number of carboxylic acid groups (broad SMARTS) is 1. The molecule has 0 bridgehead atoms. The van der Waals surface area contributed by atoms with Gasteiger partial charge in [0.05, 0.1) is 0 Å². The number of hydrogen-bond donors (Lipinski definition) is 1. The van der Waals surface area contributed by atoms with E-state index < -0.39 is 5.97 Å². The smallest absolute Gasteiger partial charge is 0.356 e. The van der Waals surface area contributed by atoms with Crippen molar-refractivity contribution in [2.45, 2.75) is 27.2 Å². The largest absolute Gasteiger partial charge is 0.476 e. The number of carboxylic acids is 1. The van der Waals surface area contributed by atoms with E-state index in [-0.39, 0.29) is 5.69 Å². The summed E-state index contributed by atoms with van der Waals surface area (Å²) in [7, 11) is 0. The summed E-state index contributed by atoms with van der Waals surface area (Å²) in [6, 6.07) is 1.45. The summed E-state index contributed by atoms with van der Waals surface area (Å²) in [5, 5.41) is 12.8. The third kappa shape index (κ3) is 2.09. The topological polar surface area (TPSA) is 80.9 Å². The number of aryl methyl sites for hydroxylation is 2. The zero-order chi connectivity index (χ0) is 13.3. The van der Waals surface area contributed by atoms with Gasteiger partial charge in [-0.25, -0.2) is 19.4 Å². The van der Waals surface area contributed by atoms with E-state index in [1.165, 1.54) is 10.7 Å². The molecule has 0 unspecified atom stereocenters. The second-order valence-electron chi connectivity index (χ2n) is 3.97. The summed E-state index contributed by atoms with van der Waals surface area (Å²) in [6.45, 7) is 5.74. The normalized spacial score (nSPS) is 10.6. The molecule has 0 amide bonds. The van der Waals surface area contributed by atoms with Gasteiger partial charge in [0, 0.05) is 17.5 Å². The Balaban J connectivity index is 2.55. The number of rotatable bonds is 3. The van der Waals surface area contributed by atoms with Gasteiger partial charge in [0.15, 0.2) is 11.5 Å². The number of carbonyl (C=O) groups is 1. The summed E-state index contributed by atoms with van der Waals surface area (Å²) in [5.74, 6) is 0.236. The first-order valence-electron chi connectivity index (χ1n) is 5.66. The third-order valence-electron chi connectivity index (χ3n) is 2.69. The molecule has 2 heterocycles. The van der Waals surface area contributed by atoms with Crippen molar-refractivity contribution in [3.05, 3.63) is 35.0 Å². The van der Waals surface area contributed by atoms with Gasteiger partial charge in [-0.1, -0.05) is 6.92 Å². The molecule has 0 aliphatic rings. The van der Waals surface area contributed by atoms with Crippen molar-refractivity contribution >= 4 is 5.97 Å². The average molecular weight is 246 g/mol. The Morgan fingerprint density at radius 3 is 2.67 bits per heavy atom. The van der Waals surface area contributed by atoms with Crippen LogP contribution < -0.4 is 0 Å². The van der Waals surface area contributed by atoms with Gasteiger partial charge in [-0.15, -0.1) is 0 Å². The van der Waals surface area contributed by atoms with Crippen LogP contribution in [0.25, 0.3) is 5.82 Å². The van der Waals surface area contributed by atoms with Crippen molar-refractivity contribution in [2.75, 3.05) is 0 Å². The van der Waals surface area contributed by atoms with E-state index in [2.05, 4.69) is 15.1 Å². The van der Waals surface area contributed by atoms with Gasteiger partial charge < -0.3 is 5.11 Å². The first-order chi connectivity index (χ1) is 8.52. The van der Waals surface area contributed by atoms with E-state index in [1.807, 2.05) is 20.8 Å². The quantitative estimate of drug-likeness (QED) is 0.888. The first-order valence-corrected chi connectivity index (χ1v) is 5.66. The van der Waals surface area contributed by atoms with Crippen molar-refractivity contribution in [3.63, 3.8) is 0 Å². The molecule has 0 aliphatic heterocycles. The van der Waals surface area contributed by atoms with Gasteiger partial charge in [-0.2, -0.15) is 5.10 Å². The highest BCUT2D eigenvalue weighted by molar-refractivity contribution is 5.85. The molecule has 0 aliphatic carbocycles. The number of nitrogens with zero attached hydrogens (tertiary/aromatic N) is 4. The zero-order valence-corrected chi connectivity index (χ0v) is 10.5. The average Bonchev–Trinajstić information content (AvgIpc) is 2.81. The number of aromatic nitrogens is 4. The Morgan fingerprint density at radius 2 is 2.11 bits per heavy atom. The van der Waals surface area contributed by atoms with E-state index in [0.29, 0.717) is 11.6 Å². The van der Waals surface area contributed by atoms with Gasteiger partial charge >= 0.3 is 5.97 Å². The van der Waals surface area contributed by atoms with Crippen molar-refractivity contribution in [1.82, 2.24) is 19.7 Å². The fourth-order valence-corrected chi connectivity index (χ4v) is 1.79. The summed E-state index contributed by atoms with van der Waals surface area (Å²) >= 11 is 0. The summed E-state index contributed by atoms with van der Waals surface area (Å²) in [6.07, 6.45) is 2.40. The molecule has 0 saturated heterocycles. The van der Waals surface area contributed by atoms with Crippen LogP contribution in [0.3, 0.4) is 0 Å². The minimum atomic E-state index is -1.05. The van der Waals surface area contributed by atoms with Crippen LogP contribution in [0.2, 0.25) is 0 Å². The maximum Gasteiger partial charge on any atom is 0.356 e. The molecular weight excluding hydrogens is 232 g/mol.